The molecule has 1 rings (SSSR count). The van der Waals surface area contributed by atoms with Gasteiger partial charge in [0.1, 0.15) is 6.04 Å². The van der Waals surface area contributed by atoms with Crippen LogP contribution in [0.15, 0.2) is 30.3 Å². The maximum Gasteiger partial charge on any atom is 0.329 e. The molecule has 0 aromatic heterocycles. The summed E-state index contributed by atoms with van der Waals surface area (Å²) in [6.07, 6.45) is -0.511. The highest BCUT2D eigenvalue weighted by Gasteiger charge is 2.20. The van der Waals surface area contributed by atoms with Crippen molar-refractivity contribution >= 4 is 17.9 Å². The zero-order valence-electron chi connectivity index (χ0n) is 10.6. The first-order valence-corrected chi connectivity index (χ1v) is 5.92. The van der Waals surface area contributed by atoms with E-state index >= 15 is 0 Å². The molecule has 0 heterocycles. The van der Waals surface area contributed by atoms with E-state index in [1.165, 1.54) is 0 Å². The number of carboxylic acid groups (broad SMARTS) is 2. The summed E-state index contributed by atoms with van der Waals surface area (Å²) >= 11 is 0. The van der Waals surface area contributed by atoms with E-state index in [0.717, 1.165) is 5.56 Å². The highest BCUT2D eigenvalue weighted by Crippen LogP contribution is 2.02. The Hall–Kier alpha value is -2.41. The van der Waals surface area contributed by atoms with E-state index < -0.39 is 23.9 Å². The summed E-state index contributed by atoms with van der Waals surface area (Å²) in [7, 11) is 0. The maximum absolute atomic E-state index is 11.5. The molecule has 0 spiro atoms. The monoisotopic (exact) mass is 281 g/mol. The normalized spacial score (nSPS) is 11.6. The van der Waals surface area contributed by atoms with Gasteiger partial charge in [-0.15, -0.1) is 5.48 Å². The van der Waals surface area contributed by atoms with E-state index in [-0.39, 0.29) is 19.3 Å². The molecule has 0 radical (unpaired) electrons. The first-order chi connectivity index (χ1) is 9.49. The number of aliphatic carboxylic acids is 2. The molecule has 7 heteroatoms. The zero-order chi connectivity index (χ0) is 15.0. The van der Waals surface area contributed by atoms with Crippen LogP contribution in [0, 0.1) is 0 Å². The van der Waals surface area contributed by atoms with Crippen LogP contribution in [-0.4, -0.2) is 34.2 Å². The molecular formula is C13H15NO6. The summed E-state index contributed by atoms with van der Waals surface area (Å²) in [5.74, 6) is -3.04. The first kappa shape index (κ1) is 15.6. The lowest BCUT2D eigenvalue weighted by molar-refractivity contribution is -0.157. The Morgan fingerprint density at radius 1 is 1.15 bits per heavy atom. The van der Waals surface area contributed by atoms with E-state index in [0.29, 0.717) is 0 Å². The van der Waals surface area contributed by atoms with Crippen molar-refractivity contribution in [2.24, 2.45) is 0 Å². The topological polar surface area (TPSA) is 113 Å². The van der Waals surface area contributed by atoms with Gasteiger partial charge in [-0.05, 0) is 12.0 Å². The van der Waals surface area contributed by atoms with Crippen LogP contribution < -0.4 is 5.48 Å². The largest absolute Gasteiger partial charge is 0.481 e. The van der Waals surface area contributed by atoms with Crippen molar-refractivity contribution in [3.63, 3.8) is 0 Å². The second-order valence-electron chi connectivity index (χ2n) is 4.08. The molecule has 0 fully saturated rings. The smallest absolute Gasteiger partial charge is 0.329 e. The van der Waals surface area contributed by atoms with Crippen LogP contribution in [0.2, 0.25) is 0 Å². The molecule has 0 amide bonds. The fourth-order valence-electron chi connectivity index (χ4n) is 1.44. The summed E-state index contributed by atoms with van der Waals surface area (Å²) in [5.41, 5.74) is 2.82. The van der Waals surface area contributed by atoms with Crippen molar-refractivity contribution in [3.05, 3.63) is 35.9 Å². The molecule has 0 aliphatic heterocycles. The highest BCUT2D eigenvalue weighted by molar-refractivity contribution is 5.76. The second-order valence-corrected chi connectivity index (χ2v) is 4.08. The fourth-order valence-corrected chi connectivity index (χ4v) is 1.44. The van der Waals surface area contributed by atoms with Gasteiger partial charge in [0.15, 0.2) is 0 Å². The van der Waals surface area contributed by atoms with Crippen LogP contribution in [0.4, 0.5) is 0 Å². The van der Waals surface area contributed by atoms with E-state index in [2.05, 4.69) is 10.3 Å². The standard InChI is InChI=1S/C13H15NO6/c15-11(16)7-6-10(13(18)19)14-20-12(17)8-9-4-2-1-3-5-9/h1-5,10,14H,6-8H2,(H,15,16)(H,18,19)/t10-/m0/s1. The van der Waals surface area contributed by atoms with E-state index in [1.807, 2.05) is 0 Å². The molecule has 108 valence electrons. The number of carbonyl (C=O) groups excluding carboxylic acids is 1. The number of nitrogens with one attached hydrogen (secondary N) is 1. The van der Waals surface area contributed by atoms with Crippen LogP contribution >= 0.6 is 0 Å². The van der Waals surface area contributed by atoms with E-state index in [9.17, 15) is 14.4 Å². The third-order valence-electron chi connectivity index (χ3n) is 2.45. The summed E-state index contributed by atoms with van der Waals surface area (Å²) < 4.78 is 0. The summed E-state index contributed by atoms with van der Waals surface area (Å²) in [4.78, 5) is 37.3. The molecule has 0 aliphatic rings. The molecule has 0 unspecified atom stereocenters. The van der Waals surface area contributed by atoms with Crippen LogP contribution in [-0.2, 0) is 25.6 Å². The number of carboxylic acids is 2. The van der Waals surface area contributed by atoms with Crippen LogP contribution in [0.5, 0.6) is 0 Å². The molecule has 0 aliphatic carbocycles. The molecule has 7 nitrogen and oxygen atoms in total. The molecule has 3 N–H and O–H groups in total. The van der Waals surface area contributed by atoms with Gasteiger partial charge in [-0.2, -0.15) is 0 Å². The molecule has 1 aromatic rings. The average molecular weight is 281 g/mol. The van der Waals surface area contributed by atoms with Crippen molar-refractivity contribution < 1.29 is 29.4 Å². The van der Waals surface area contributed by atoms with Gasteiger partial charge in [0.2, 0.25) is 0 Å². The van der Waals surface area contributed by atoms with Gasteiger partial charge < -0.3 is 15.1 Å². The minimum absolute atomic E-state index is 0.000883. The fraction of sp³-hybridized carbons (Fsp3) is 0.308. The molecule has 20 heavy (non-hydrogen) atoms. The Balaban J connectivity index is 2.40. The third-order valence-corrected chi connectivity index (χ3v) is 2.45. The van der Waals surface area contributed by atoms with Gasteiger partial charge in [0, 0.05) is 6.42 Å². The summed E-state index contributed by atoms with van der Waals surface area (Å²) in [6, 6.07) is 7.57. The minimum atomic E-state index is -1.28. The predicted octanol–water partition coefficient (Wildman–Crippen LogP) is 0.595. The summed E-state index contributed by atoms with van der Waals surface area (Å²) in [5, 5.41) is 17.3. The van der Waals surface area contributed by atoms with Crippen LogP contribution in [0.1, 0.15) is 18.4 Å². The number of carbonyl (C=O) groups is 3. The third kappa shape index (κ3) is 5.96. The zero-order valence-corrected chi connectivity index (χ0v) is 10.6. The SMILES string of the molecule is O=C(O)CC[C@H](NOC(=O)Cc1ccccc1)C(=O)O. The average Bonchev–Trinajstić information content (AvgIpc) is 2.39. The minimum Gasteiger partial charge on any atom is -0.481 e. The summed E-state index contributed by atoms with van der Waals surface area (Å²) in [6.45, 7) is 0. The number of hydroxylamine groups is 1. The molecule has 0 saturated carbocycles. The molecule has 0 saturated heterocycles. The number of rotatable bonds is 8. The molecule has 1 atom stereocenters. The molecule has 0 bridgehead atoms. The van der Waals surface area contributed by atoms with Gasteiger partial charge in [0.05, 0.1) is 6.42 Å². The highest BCUT2D eigenvalue weighted by atomic mass is 16.7. The van der Waals surface area contributed by atoms with Gasteiger partial charge >= 0.3 is 17.9 Å². The Labute approximate surface area is 115 Å². The molecule has 1 aromatic carbocycles. The first-order valence-electron chi connectivity index (χ1n) is 5.92. The van der Waals surface area contributed by atoms with Crippen molar-refractivity contribution in [1.29, 1.82) is 0 Å². The van der Waals surface area contributed by atoms with Crippen molar-refractivity contribution in [2.75, 3.05) is 0 Å². The van der Waals surface area contributed by atoms with Gasteiger partial charge in [-0.1, -0.05) is 30.3 Å². The Bertz CT molecular complexity index is 473. The second kappa shape index (κ2) is 7.90. The van der Waals surface area contributed by atoms with Crippen LogP contribution in [0.3, 0.4) is 0 Å². The van der Waals surface area contributed by atoms with Gasteiger partial charge in [-0.3, -0.25) is 14.4 Å². The maximum atomic E-state index is 11.5. The van der Waals surface area contributed by atoms with Crippen LogP contribution in [0.25, 0.3) is 0 Å². The molecular weight excluding hydrogens is 266 g/mol. The van der Waals surface area contributed by atoms with Crippen molar-refractivity contribution in [1.82, 2.24) is 5.48 Å². The lowest BCUT2D eigenvalue weighted by atomic mass is 10.1. The Morgan fingerprint density at radius 2 is 1.80 bits per heavy atom. The number of hydrogen-bond acceptors (Lipinski definition) is 5. The quantitative estimate of drug-likeness (QED) is 0.598. The van der Waals surface area contributed by atoms with Gasteiger partial charge in [0.25, 0.3) is 0 Å². The van der Waals surface area contributed by atoms with Gasteiger partial charge in [-0.25, -0.2) is 0 Å². The van der Waals surface area contributed by atoms with E-state index in [4.69, 9.17) is 10.2 Å². The number of hydrogen-bond donors (Lipinski definition) is 3. The lowest BCUT2D eigenvalue weighted by Gasteiger charge is -2.12. The lowest BCUT2D eigenvalue weighted by Crippen LogP contribution is -2.38. The Morgan fingerprint density at radius 3 is 2.35 bits per heavy atom. The number of benzene rings is 1. The Kier molecular flexibility index (Phi) is 6.18. The predicted molar refractivity (Wildman–Crippen MR) is 67.7 cm³/mol. The van der Waals surface area contributed by atoms with Crippen molar-refractivity contribution in [2.45, 2.75) is 25.3 Å². The van der Waals surface area contributed by atoms with E-state index in [1.54, 1.807) is 30.3 Å². The van der Waals surface area contributed by atoms with Crippen molar-refractivity contribution in [3.8, 4) is 0 Å².